The first-order valence-corrected chi connectivity index (χ1v) is 7.12. The molecule has 0 saturated heterocycles. The zero-order valence-corrected chi connectivity index (χ0v) is 11.8. The van der Waals surface area contributed by atoms with E-state index in [4.69, 9.17) is 0 Å². The predicted molar refractivity (Wildman–Crippen MR) is 78.6 cm³/mol. The van der Waals surface area contributed by atoms with E-state index in [2.05, 4.69) is 15.0 Å². The van der Waals surface area contributed by atoms with Gasteiger partial charge in [-0.15, -0.1) is 11.3 Å². The Kier molecular flexibility index (Phi) is 3.56. The number of nitrogens with zero attached hydrogens (tertiary/aromatic N) is 4. The Hall–Kier alpha value is -2.08. The van der Waals surface area contributed by atoms with Crippen molar-refractivity contribution in [3.05, 3.63) is 46.9 Å². The van der Waals surface area contributed by atoms with Crippen molar-refractivity contribution in [1.82, 2.24) is 15.0 Å². The maximum Gasteiger partial charge on any atom is 0.139 e. The topological polar surface area (TPSA) is 41.9 Å². The van der Waals surface area contributed by atoms with Gasteiger partial charge in [0.25, 0.3) is 0 Å². The van der Waals surface area contributed by atoms with Crippen LogP contribution in [0.2, 0.25) is 0 Å². The second-order valence-corrected chi connectivity index (χ2v) is 5.44. The van der Waals surface area contributed by atoms with Crippen LogP contribution in [0.3, 0.4) is 0 Å². The SMILES string of the molecule is CN(CCc1nccs1)c1ncnc2ccc(F)cc12. The molecule has 20 heavy (non-hydrogen) atoms. The Bertz CT molecular complexity index is 714. The largest absolute Gasteiger partial charge is 0.359 e. The van der Waals surface area contributed by atoms with Gasteiger partial charge in [0.2, 0.25) is 0 Å². The van der Waals surface area contributed by atoms with Crippen LogP contribution < -0.4 is 4.90 Å². The highest BCUT2D eigenvalue weighted by molar-refractivity contribution is 7.09. The molecule has 0 aliphatic carbocycles. The van der Waals surface area contributed by atoms with E-state index in [0.717, 1.165) is 34.7 Å². The second-order valence-electron chi connectivity index (χ2n) is 4.46. The average Bonchev–Trinajstić information content (AvgIpc) is 2.97. The van der Waals surface area contributed by atoms with Crippen LogP contribution in [0.15, 0.2) is 36.1 Å². The zero-order valence-electron chi connectivity index (χ0n) is 11.0. The van der Waals surface area contributed by atoms with Crippen LogP contribution >= 0.6 is 11.3 Å². The van der Waals surface area contributed by atoms with Gasteiger partial charge in [-0.25, -0.2) is 19.3 Å². The summed E-state index contributed by atoms with van der Waals surface area (Å²) in [6.07, 6.45) is 4.15. The minimum absolute atomic E-state index is 0.276. The number of aromatic nitrogens is 3. The lowest BCUT2D eigenvalue weighted by Gasteiger charge is -2.18. The van der Waals surface area contributed by atoms with Crippen molar-refractivity contribution in [1.29, 1.82) is 0 Å². The fourth-order valence-corrected chi connectivity index (χ4v) is 2.67. The molecule has 0 radical (unpaired) electrons. The van der Waals surface area contributed by atoms with E-state index in [-0.39, 0.29) is 5.82 Å². The molecule has 3 rings (SSSR count). The summed E-state index contributed by atoms with van der Waals surface area (Å²) in [5.74, 6) is 0.466. The van der Waals surface area contributed by atoms with E-state index in [9.17, 15) is 4.39 Å². The maximum atomic E-state index is 13.4. The van der Waals surface area contributed by atoms with Gasteiger partial charge >= 0.3 is 0 Å². The normalized spacial score (nSPS) is 10.9. The van der Waals surface area contributed by atoms with Gasteiger partial charge in [0.05, 0.1) is 10.5 Å². The molecule has 0 unspecified atom stereocenters. The molecular formula is C14H13FN4S. The van der Waals surface area contributed by atoms with Crippen LogP contribution in [0.5, 0.6) is 0 Å². The Labute approximate surface area is 119 Å². The first-order valence-electron chi connectivity index (χ1n) is 6.24. The van der Waals surface area contributed by atoms with E-state index >= 15 is 0 Å². The highest BCUT2D eigenvalue weighted by Crippen LogP contribution is 2.23. The smallest absolute Gasteiger partial charge is 0.139 e. The lowest BCUT2D eigenvalue weighted by Crippen LogP contribution is -2.21. The van der Waals surface area contributed by atoms with Gasteiger partial charge in [-0.2, -0.15) is 0 Å². The molecular weight excluding hydrogens is 275 g/mol. The van der Waals surface area contributed by atoms with Crippen molar-refractivity contribution in [3.63, 3.8) is 0 Å². The predicted octanol–water partition coefficient (Wildman–Crippen LogP) is 2.90. The molecule has 0 aliphatic heterocycles. The first kappa shape index (κ1) is 12.9. The average molecular weight is 288 g/mol. The van der Waals surface area contributed by atoms with Crippen molar-refractivity contribution >= 4 is 28.1 Å². The van der Waals surface area contributed by atoms with Gasteiger partial charge < -0.3 is 4.90 Å². The molecule has 1 aromatic carbocycles. The van der Waals surface area contributed by atoms with Crippen LogP contribution in [-0.2, 0) is 6.42 Å². The highest BCUT2D eigenvalue weighted by atomic mass is 32.1. The van der Waals surface area contributed by atoms with E-state index in [0.29, 0.717) is 0 Å². The summed E-state index contributed by atoms with van der Waals surface area (Å²) in [6.45, 7) is 0.774. The molecule has 0 fully saturated rings. The molecule has 0 spiro atoms. The molecule has 2 aromatic heterocycles. The van der Waals surface area contributed by atoms with E-state index in [1.807, 2.05) is 17.3 Å². The third-order valence-electron chi connectivity index (χ3n) is 3.08. The van der Waals surface area contributed by atoms with E-state index in [1.165, 1.54) is 18.5 Å². The number of halogens is 1. The zero-order chi connectivity index (χ0) is 13.9. The molecule has 3 aromatic rings. The Morgan fingerprint density at radius 2 is 2.15 bits per heavy atom. The van der Waals surface area contributed by atoms with Gasteiger partial charge in [0.15, 0.2) is 0 Å². The summed E-state index contributed by atoms with van der Waals surface area (Å²) in [4.78, 5) is 14.7. The maximum absolute atomic E-state index is 13.4. The molecule has 2 heterocycles. The van der Waals surface area contributed by atoms with Crippen molar-refractivity contribution in [3.8, 4) is 0 Å². The lowest BCUT2D eigenvalue weighted by molar-refractivity contribution is 0.629. The molecule has 0 bridgehead atoms. The van der Waals surface area contributed by atoms with E-state index in [1.54, 1.807) is 23.6 Å². The summed E-state index contributed by atoms with van der Waals surface area (Å²) in [5, 5.41) is 3.78. The van der Waals surface area contributed by atoms with Crippen LogP contribution in [-0.4, -0.2) is 28.5 Å². The third-order valence-corrected chi connectivity index (χ3v) is 3.92. The van der Waals surface area contributed by atoms with Crippen LogP contribution in [0.25, 0.3) is 10.9 Å². The third kappa shape index (κ3) is 2.60. The minimum Gasteiger partial charge on any atom is -0.359 e. The fourth-order valence-electron chi connectivity index (χ4n) is 2.07. The van der Waals surface area contributed by atoms with Crippen LogP contribution in [0, 0.1) is 5.82 Å². The number of hydrogen-bond acceptors (Lipinski definition) is 5. The van der Waals surface area contributed by atoms with Crippen LogP contribution in [0.1, 0.15) is 5.01 Å². The molecule has 6 heteroatoms. The minimum atomic E-state index is -0.276. The molecule has 0 atom stereocenters. The first-order chi connectivity index (χ1) is 9.74. The number of anilines is 1. The van der Waals surface area contributed by atoms with Crippen molar-refractivity contribution < 1.29 is 4.39 Å². The number of benzene rings is 1. The molecule has 0 amide bonds. The molecule has 102 valence electrons. The van der Waals surface area contributed by atoms with Gasteiger partial charge in [0.1, 0.15) is 18.0 Å². The molecule has 0 saturated carbocycles. The second kappa shape index (κ2) is 5.50. The summed E-state index contributed by atoms with van der Waals surface area (Å²) >= 11 is 1.64. The monoisotopic (exact) mass is 288 g/mol. The summed E-state index contributed by atoms with van der Waals surface area (Å²) in [6, 6.07) is 4.56. The molecule has 0 aliphatic rings. The summed E-state index contributed by atoms with van der Waals surface area (Å²) in [5.41, 5.74) is 0.748. The molecule has 4 nitrogen and oxygen atoms in total. The van der Waals surface area contributed by atoms with Crippen molar-refractivity contribution in [2.75, 3.05) is 18.5 Å². The van der Waals surface area contributed by atoms with Gasteiger partial charge in [-0.3, -0.25) is 0 Å². The van der Waals surface area contributed by atoms with Crippen molar-refractivity contribution in [2.45, 2.75) is 6.42 Å². The van der Waals surface area contributed by atoms with Crippen molar-refractivity contribution in [2.24, 2.45) is 0 Å². The number of thiazole rings is 1. The Morgan fingerprint density at radius 3 is 2.95 bits per heavy atom. The number of hydrogen-bond donors (Lipinski definition) is 0. The summed E-state index contributed by atoms with van der Waals surface area (Å²) in [7, 11) is 1.94. The number of rotatable bonds is 4. The van der Waals surface area contributed by atoms with E-state index < -0.39 is 0 Å². The highest BCUT2D eigenvalue weighted by Gasteiger charge is 2.10. The standard InChI is InChI=1S/C14H13FN4S/c1-19(6-4-13-16-5-7-20-13)14-11-8-10(15)2-3-12(11)17-9-18-14/h2-3,5,7-9H,4,6H2,1H3. The Balaban J connectivity index is 1.87. The lowest BCUT2D eigenvalue weighted by atomic mass is 10.2. The molecule has 0 N–H and O–H groups in total. The Morgan fingerprint density at radius 1 is 1.25 bits per heavy atom. The number of fused-ring (bicyclic) bond motifs is 1. The summed E-state index contributed by atoms with van der Waals surface area (Å²) < 4.78 is 13.4. The van der Waals surface area contributed by atoms with Gasteiger partial charge in [-0.05, 0) is 18.2 Å². The van der Waals surface area contributed by atoms with Gasteiger partial charge in [-0.1, -0.05) is 0 Å². The van der Waals surface area contributed by atoms with Crippen LogP contribution in [0.4, 0.5) is 10.2 Å². The van der Waals surface area contributed by atoms with Gasteiger partial charge in [0, 0.05) is 37.0 Å². The quantitative estimate of drug-likeness (QED) is 0.740. The fraction of sp³-hybridized carbons (Fsp3) is 0.214. The number of likely N-dealkylation sites (N-methyl/N-ethyl adjacent to an activating group) is 1.